The molecule has 6 heteroatoms. The molecule has 0 aromatic carbocycles. The summed E-state index contributed by atoms with van der Waals surface area (Å²) in [5.41, 5.74) is 1.97. The summed E-state index contributed by atoms with van der Waals surface area (Å²) < 4.78 is 7.18. The van der Waals surface area contributed by atoms with Crippen LogP contribution in [0.4, 0.5) is 0 Å². The number of hydrogen-bond donors (Lipinski definition) is 0. The molecule has 0 bridgehead atoms. The third-order valence-electron chi connectivity index (χ3n) is 6.21. The molecule has 0 spiro atoms. The van der Waals surface area contributed by atoms with Gasteiger partial charge < -0.3 is 9.64 Å². The summed E-state index contributed by atoms with van der Waals surface area (Å²) in [6.07, 6.45) is 11.9. The zero-order valence-electron chi connectivity index (χ0n) is 17.5. The van der Waals surface area contributed by atoms with Gasteiger partial charge in [-0.2, -0.15) is 5.10 Å². The Morgan fingerprint density at radius 2 is 1.61 bits per heavy atom. The lowest BCUT2D eigenvalue weighted by atomic mass is 9.88. The van der Waals surface area contributed by atoms with Gasteiger partial charge in [0.25, 0.3) is 5.91 Å². The third kappa shape index (κ3) is 5.58. The number of carbonyl (C=O) groups excluding carboxylic acids is 2. The minimum atomic E-state index is -0.326. The maximum atomic E-state index is 13.0. The molecule has 0 aliphatic heterocycles. The molecular weight excluding hydrogens is 354 g/mol. The van der Waals surface area contributed by atoms with E-state index < -0.39 is 0 Å². The molecular formula is C22H35N3O3. The summed E-state index contributed by atoms with van der Waals surface area (Å²) in [6, 6.07) is 2.65. The first kappa shape index (κ1) is 20.9. The summed E-state index contributed by atoms with van der Waals surface area (Å²) in [5.74, 6) is -0.327. The van der Waals surface area contributed by atoms with E-state index in [1.165, 1.54) is 38.5 Å². The summed E-state index contributed by atoms with van der Waals surface area (Å²) in [5, 5.41) is 4.36. The second-order valence-corrected chi connectivity index (χ2v) is 8.45. The zero-order chi connectivity index (χ0) is 19.9. The van der Waals surface area contributed by atoms with Crippen molar-refractivity contribution in [2.24, 2.45) is 0 Å². The molecule has 28 heavy (non-hydrogen) atoms. The average Bonchev–Trinajstić information content (AvgIpc) is 3.03. The Balaban J connectivity index is 1.52. The summed E-state index contributed by atoms with van der Waals surface area (Å²) in [4.78, 5) is 27.3. The molecule has 2 saturated carbocycles. The van der Waals surface area contributed by atoms with Crippen LogP contribution in [0.5, 0.6) is 0 Å². The molecule has 0 N–H and O–H groups in total. The van der Waals surface area contributed by atoms with Crippen molar-refractivity contribution in [1.29, 1.82) is 0 Å². The molecule has 0 atom stereocenters. The lowest BCUT2D eigenvalue weighted by Gasteiger charge is -2.41. The molecule has 6 nitrogen and oxygen atoms in total. The molecule has 0 unspecified atom stereocenters. The SMILES string of the molecule is Cc1cc(C)n(CCC(=O)OCC(=O)N(C2CCCCC2)C2CCCCC2)n1. The Hall–Kier alpha value is -1.85. The highest BCUT2D eigenvalue weighted by atomic mass is 16.5. The highest BCUT2D eigenvalue weighted by molar-refractivity contribution is 5.81. The monoisotopic (exact) mass is 389 g/mol. The fraction of sp³-hybridized carbons (Fsp3) is 0.773. The van der Waals surface area contributed by atoms with Crippen LogP contribution >= 0.6 is 0 Å². The van der Waals surface area contributed by atoms with Crippen LogP contribution in [-0.2, 0) is 20.9 Å². The predicted molar refractivity (Wildman–Crippen MR) is 108 cm³/mol. The minimum Gasteiger partial charge on any atom is -0.456 e. The number of aryl methyl sites for hydroxylation is 3. The van der Waals surface area contributed by atoms with Crippen molar-refractivity contribution >= 4 is 11.9 Å². The van der Waals surface area contributed by atoms with Crippen LogP contribution in [0.25, 0.3) is 0 Å². The first-order valence-electron chi connectivity index (χ1n) is 11.0. The Kier molecular flexibility index (Phi) is 7.51. The van der Waals surface area contributed by atoms with Gasteiger partial charge in [-0.15, -0.1) is 0 Å². The summed E-state index contributed by atoms with van der Waals surface area (Å²) >= 11 is 0. The van der Waals surface area contributed by atoms with Crippen LogP contribution in [0.15, 0.2) is 6.07 Å². The van der Waals surface area contributed by atoms with Gasteiger partial charge in [-0.05, 0) is 45.6 Å². The van der Waals surface area contributed by atoms with Crippen LogP contribution in [0.2, 0.25) is 0 Å². The van der Waals surface area contributed by atoms with Crippen molar-refractivity contribution in [3.8, 4) is 0 Å². The van der Waals surface area contributed by atoms with E-state index in [0.717, 1.165) is 37.1 Å². The number of aromatic nitrogens is 2. The first-order chi connectivity index (χ1) is 13.5. The van der Waals surface area contributed by atoms with E-state index in [4.69, 9.17) is 4.74 Å². The van der Waals surface area contributed by atoms with Crippen LogP contribution < -0.4 is 0 Å². The van der Waals surface area contributed by atoms with E-state index in [-0.39, 0.29) is 24.9 Å². The molecule has 2 aliphatic carbocycles. The highest BCUT2D eigenvalue weighted by Gasteiger charge is 2.32. The van der Waals surface area contributed by atoms with Crippen molar-refractivity contribution in [3.05, 3.63) is 17.5 Å². The van der Waals surface area contributed by atoms with Crippen LogP contribution in [0.1, 0.15) is 82.0 Å². The topological polar surface area (TPSA) is 64.4 Å². The zero-order valence-corrected chi connectivity index (χ0v) is 17.5. The average molecular weight is 390 g/mol. The molecule has 156 valence electrons. The molecule has 2 aliphatic rings. The lowest BCUT2D eigenvalue weighted by Crippen LogP contribution is -2.50. The fourth-order valence-corrected chi connectivity index (χ4v) is 4.81. The van der Waals surface area contributed by atoms with E-state index in [9.17, 15) is 9.59 Å². The number of amides is 1. The van der Waals surface area contributed by atoms with Gasteiger partial charge in [0.15, 0.2) is 6.61 Å². The van der Waals surface area contributed by atoms with Crippen molar-refractivity contribution in [2.45, 2.75) is 103 Å². The molecule has 1 heterocycles. The van der Waals surface area contributed by atoms with Gasteiger partial charge in [0.05, 0.1) is 18.7 Å². The van der Waals surface area contributed by atoms with Gasteiger partial charge in [-0.3, -0.25) is 14.3 Å². The Bertz CT molecular complexity index is 640. The van der Waals surface area contributed by atoms with E-state index in [1.807, 2.05) is 24.6 Å². The Labute approximate surface area is 168 Å². The predicted octanol–water partition coefficient (Wildman–Crippen LogP) is 3.93. The largest absolute Gasteiger partial charge is 0.456 e. The number of nitrogens with zero attached hydrogens (tertiary/aromatic N) is 3. The van der Waals surface area contributed by atoms with Gasteiger partial charge in [0, 0.05) is 17.8 Å². The van der Waals surface area contributed by atoms with E-state index in [0.29, 0.717) is 18.6 Å². The van der Waals surface area contributed by atoms with Crippen molar-refractivity contribution < 1.29 is 14.3 Å². The van der Waals surface area contributed by atoms with Gasteiger partial charge in [0.1, 0.15) is 0 Å². The molecule has 3 rings (SSSR count). The Morgan fingerprint density at radius 1 is 1.04 bits per heavy atom. The van der Waals surface area contributed by atoms with Gasteiger partial charge in [-0.25, -0.2) is 0 Å². The molecule has 2 fully saturated rings. The van der Waals surface area contributed by atoms with Crippen LogP contribution in [-0.4, -0.2) is 45.2 Å². The van der Waals surface area contributed by atoms with Gasteiger partial charge >= 0.3 is 5.97 Å². The molecule has 1 aromatic rings. The third-order valence-corrected chi connectivity index (χ3v) is 6.21. The normalized spacial score (nSPS) is 18.8. The number of esters is 1. The fourth-order valence-electron chi connectivity index (χ4n) is 4.81. The number of ether oxygens (including phenoxy) is 1. The molecule has 0 saturated heterocycles. The number of carbonyl (C=O) groups is 2. The van der Waals surface area contributed by atoms with E-state index >= 15 is 0 Å². The first-order valence-corrected chi connectivity index (χ1v) is 11.0. The highest BCUT2D eigenvalue weighted by Crippen LogP contribution is 2.30. The van der Waals surface area contributed by atoms with Crippen molar-refractivity contribution in [2.75, 3.05) is 6.61 Å². The van der Waals surface area contributed by atoms with E-state index in [1.54, 1.807) is 0 Å². The molecule has 1 amide bonds. The molecule has 0 radical (unpaired) electrons. The number of hydrogen-bond acceptors (Lipinski definition) is 4. The quantitative estimate of drug-likeness (QED) is 0.663. The van der Waals surface area contributed by atoms with Crippen molar-refractivity contribution in [1.82, 2.24) is 14.7 Å². The molecule has 1 aromatic heterocycles. The second-order valence-electron chi connectivity index (χ2n) is 8.45. The van der Waals surface area contributed by atoms with Crippen molar-refractivity contribution in [3.63, 3.8) is 0 Å². The maximum Gasteiger partial charge on any atom is 0.308 e. The lowest BCUT2D eigenvalue weighted by molar-refractivity contribution is -0.155. The minimum absolute atomic E-state index is 0.00161. The van der Waals surface area contributed by atoms with Crippen LogP contribution in [0, 0.1) is 13.8 Å². The Morgan fingerprint density at radius 3 is 2.11 bits per heavy atom. The van der Waals surface area contributed by atoms with Gasteiger partial charge in [0.2, 0.25) is 0 Å². The summed E-state index contributed by atoms with van der Waals surface area (Å²) in [7, 11) is 0. The number of rotatable bonds is 7. The standard InChI is InChI=1S/C22H35N3O3/c1-17-15-18(2)24(23-17)14-13-22(27)28-16-21(26)25(19-9-5-3-6-10-19)20-11-7-4-8-12-20/h15,19-20H,3-14,16H2,1-2H3. The van der Waals surface area contributed by atoms with Crippen LogP contribution in [0.3, 0.4) is 0 Å². The summed E-state index contributed by atoms with van der Waals surface area (Å²) in [6.45, 7) is 4.28. The smallest absolute Gasteiger partial charge is 0.308 e. The maximum absolute atomic E-state index is 13.0. The second kappa shape index (κ2) is 10.1. The van der Waals surface area contributed by atoms with E-state index in [2.05, 4.69) is 10.00 Å². The van der Waals surface area contributed by atoms with Gasteiger partial charge in [-0.1, -0.05) is 38.5 Å².